The normalized spacial score (nSPS) is 20.0. The van der Waals surface area contributed by atoms with Crippen molar-refractivity contribution in [2.24, 2.45) is 4.99 Å². The van der Waals surface area contributed by atoms with E-state index in [1.807, 2.05) is 23.1 Å². The summed E-state index contributed by atoms with van der Waals surface area (Å²) in [4.78, 5) is 31.8. The van der Waals surface area contributed by atoms with Crippen LogP contribution >= 0.6 is 11.8 Å². The molecule has 1 aliphatic heterocycles. The summed E-state index contributed by atoms with van der Waals surface area (Å²) in [5.74, 6) is -0.972. The zero-order valence-electron chi connectivity index (χ0n) is 17.6. The summed E-state index contributed by atoms with van der Waals surface area (Å²) in [6, 6.07) is 14.9. The highest BCUT2D eigenvalue weighted by Gasteiger charge is 2.38. The fourth-order valence-corrected chi connectivity index (χ4v) is 5.07. The lowest BCUT2D eigenvalue weighted by atomic mass is 9.94. The summed E-state index contributed by atoms with van der Waals surface area (Å²) >= 11 is 1.40. The maximum Gasteiger partial charge on any atom is 0.335 e. The molecule has 1 saturated heterocycles. The van der Waals surface area contributed by atoms with E-state index in [9.17, 15) is 9.59 Å². The Balaban J connectivity index is 1.65. The maximum atomic E-state index is 13.3. The number of hydrogen-bond acceptors (Lipinski definition) is 4. The number of amides is 1. The zero-order chi connectivity index (χ0) is 21.8. The van der Waals surface area contributed by atoms with E-state index in [2.05, 4.69) is 19.1 Å². The first-order valence-electron chi connectivity index (χ1n) is 10.8. The molecule has 1 heterocycles. The molecule has 0 atom stereocenters. The van der Waals surface area contributed by atoms with E-state index in [0.717, 1.165) is 48.5 Å². The SMILES string of the molecule is CCc1ccc(N=C2S/C(=C/c3ccc(C(=O)O)cc3)C(=O)N2C2CCCCC2)cc1. The van der Waals surface area contributed by atoms with Crippen molar-refractivity contribution in [3.05, 3.63) is 70.1 Å². The highest BCUT2D eigenvalue weighted by atomic mass is 32.2. The van der Waals surface area contributed by atoms with Gasteiger partial charge in [0.2, 0.25) is 0 Å². The van der Waals surface area contributed by atoms with Gasteiger partial charge in [0.1, 0.15) is 0 Å². The Hall–Kier alpha value is -2.86. The van der Waals surface area contributed by atoms with Crippen molar-refractivity contribution < 1.29 is 14.7 Å². The lowest BCUT2D eigenvalue weighted by Crippen LogP contribution is -2.40. The molecule has 6 heteroatoms. The number of carboxylic acid groups (broad SMARTS) is 1. The number of carbonyl (C=O) groups is 2. The summed E-state index contributed by atoms with van der Waals surface area (Å²) in [6.07, 6.45) is 8.29. The van der Waals surface area contributed by atoms with Crippen molar-refractivity contribution in [2.45, 2.75) is 51.5 Å². The van der Waals surface area contributed by atoms with Crippen LogP contribution in [0.15, 0.2) is 58.4 Å². The van der Waals surface area contributed by atoms with Gasteiger partial charge in [0.05, 0.1) is 16.2 Å². The number of benzene rings is 2. The Morgan fingerprint density at radius 3 is 2.39 bits per heavy atom. The lowest BCUT2D eigenvalue weighted by Gasteiger charge is -2.30. The van der Waals surface area contributed by atoms with Gasteiger partial charge in [-0.2, -0.15) is 0 Å². The number of aryl methyl sites for hydroxylation is 1. The largest absolute Gasteiger partial charge is 0.478 e. The van der Waals surface area contributed by atoms with E-state index in [1.165, 1.54) is 23.7 Å². The smallest absolute Gasteiger partial charge is 0.335 e. The van der Waals surface area contributed by atoms with Gasteiger partial charge in [0.15, 0.2) is 5.17 Å². The molecule has 0 radical (unpaired) electrons. The van der Waals surface area contributed by atoms with E-state index in [0.29, 0.717) is 4.91 Å². The summed E-state index contributed by atoms with van der Waals surface area (Å²) in [5.41, 5.74) is 3.14. The van der Waals surface area contributed by atoms with Crippen LogP contribution in [-0.2, 0) is 11.2 Å². The van der Waals surface area contributed by atoms with Crippen LogP contribution < -0.4 is 0 Å². The minimum Gasteiger partial charge on any atom is -0.478 e. The number of nitrogens with zero attached hydrogens (tertiary/aromatic N) is 2. The van der Waals surface area contributed by atoms with Crippen LogP contribution in [0.1, 0.15) is 60.5 Å². The first kappa shape index (κ1) is 21.4. The highest BCUT2D eigenvalue weighted by Crippen LogP contribution is 2.38. The molecule has 2 fully saturated rings. The molecular weight excluding hydrogens is 408 g/mol. The van der Waals surface area contributed by atoms with Crippen molar-refractivity contribution in [3.63, 3.8) is 0 Å². The molecule has 0 aromatic heterocycles. The molecule has 2 aliphatic rings. The molecule has 0 bridgehead atoms. The standard InChI is InChI=1S/C25H26N2O3S/c1-2-17-10-14-20(15-11-17)26-25-27(21-6-4-3-5-7-21)23(28)22(31-25)16-18-8-12-19(13-9-18)24(29)30/h8-16,21H,2-7H2,1H3,(H,29,30)/b22-16+,26-25?. The maximum absolute atomic E-state index is 13.3. The Morgan fingerprint density at radius 1 is 1.10 bits per heavy atom. The Bertz CT molecular complexity index is 1020. The van der Waals surface area contributed by atoms with Crippen LogP contribution in [0.4, 0.5) is 5.69 Å². The number of rotatable bonds is 5. The molecular formula is C25H26N2O3S. The molecule has 1 amide bonds. The van der Waals surface area contributed by atoms with Crippen LogP contribution in [-0.4, -0.2) is 33.1 Å². The van der Waals surface area contributed by atoms with Gasteiger partial charge in [-0.25, -0.2) is 9.79 Å². The molecule has 1 N–H and O–H groups in total. The van der Waals surface area contributed by atoms with Gasteiger partial charge in [-0.15, -0.1) is 0 Å². The molecule has 0 spiro atoms. The molecule has 0 unspecified atom stereocenters. The third-order valence-corrected chi connectivity index (χ3v) is 6.78. The second-order valence-corrected chi connectivity index (χ2v) is 8.93. The van der Waals surface area contributed by atoms with E-state index in [-0.39, 0.29) is 17.5 Å². The van der Waals surface area contributed by atoms with Crippen LogP contribution in [0.25, 0.3) is 6.08 Å². The summed E-state index contributed by atoms with van der Waals surface area (Å²) in [7, 11) is 0. The highest BCUT2D eigenvalue weighted by molar-refractivity contribution is 8.18. The summed E-state index contributed by atoms with van der Waals surface area (Å²) in [5, 5.41) is 9.82. The van der Waals surface area contributed by atoms with Crippen molar-refractivity contribution in [3.8, 4) is 0 Å². The number of carboxylic acids is 1. The van der Waals surface area contributed by atoms with Crippen LogP contribution in [0, 0.1) is 0 Å². The van der Waals surface area contributed by atoms with Gasteiger partial charge in [-0.3, -0.25) is 9.69 Å². The fourth-order valence-electron chi connectivity index (χ4n) is 4.02. The lowest BCUT2D eigenvalue weighted by molar-refractivity contribution is -0.124. The minimum atomic E-state index is -0.961. The third kappa shape index (κ3) is 4.90. The molecule has 2 aromatic rings. The van der Waals surface area contributed by atoms with E-state index < -0.39 is 5.97 Å². The Morgan fingerprint density at radius 2 is 1.77 bits per heavy atom. The van der Waals surface area contributed by atoms with Crippen molar-refractivity contribution in [1.29, 1.82) is 0 Å². The summed E-state index contributed by atoms with van der Waals surface area (Å²) < 4.78 is 0. The van der Waals surface area contributed by atoms with Crippen molar-refractivity contribution in [2.75, 3.05) is 0 Å². The second-order valence-electron chi connectivity index (χ2n) is 7.92. The molecule has 4 rings (SSSR count). The van der Waals surface area contributed by atoms with Gasteiger partial charge in [0, 0.05) is 6.04 Å². The van der Waals surface area contributed by atoms with E-state index in [4.69, 9.17) is 10.1 Å². The number of hydrogen-bond donors (Lipinski definition) is 1. The van der Waals surface area contributed by atoms with Crippen molar-refractivity contribution >= 4 is 40.6 Å². The predicted octanol–water partition coefficient (Wildman–Crippen LogP) is 5.88. The molecule has 160 valence electrons. The van der Waals surface area contributed by atoms with Gasteiger partial charge in [0.25, 0.3) is 5.91 Å². The summed E-state index contributed by atoms with van der Waals surface area (Å²) in [6.45, 7) is 2.12. The number of thioether (sulfide) groups is 1. The topological polar surface area (TPSA) is 70.0 Å². The van der Waals surface area contributed by atoms with Gasteiger partial charge in [-0.05, 0) is 72.5 Å². The average molecular weight is 435 g/mol. The minimum absolute atomic E-state index is 0.0110. The number of aromatic carboxylic acids is 1. The quantitative estimate of drug-likeness (QED) is 0.596. The molecule has 2 aromatic carbocycles. The molecule has 1 aliphatic carbocycles. The van der Waals surface area contributed by atoms with Gasteiger partial charge in [-0.1, -0.05) is 50.5 Å². The molecule has 1 saturated carbocycles. The van der Waals surface area contributed by atoms with Gasteiger partial charge >= 0.3 is 5.97 Å². The third-order valence-electron chi connectivity index (χ3n) is 5.80. The average Bonchev–Trinajstić information content (AvgIpc) is 3.09. The first-order chi connectivity index (χ1) is 15.0. The van der Waals surface area contributed by atoms with Crippen LogP contribution in [0.2, 0.25) is 0 Å². The van der Waals surface area contributed by atoms with Gasteiger partial charge < -0.3 is 5.11 Å². The Labute approximate surface area is 186 Å². The van der Waals surface area contributed by atoms with E-state index >= 15 is 0 Å². The monoisotopic (exact) mass is 434 g/mol. The number of amidine groups is 1. The molecule has 31 heavy (non-hydrogen) atoms. The predicted molar refractivity (Wildman–Crippen MR) is 126 cm³/mol. The second kappa shape index (κ2) is 9.52. The van der Waals surface area contributed by atoms with Crippen LogP contribution in [0.5, 0.6) is 0 Å². The van der Waals surface area contributed by atoms with Crippen LogP contribution in [0.3, 0.4) is 0 Å². The zero-order valence-corrected chi connectivity index (χ0v) is 18.4. The first-order valence-corrected chi connectivity index (χ1v) is 11.6. The number of carbonyl (C=O) groups excluding carboxylic acids is 1. The fraction of sp³-hybridized carbons (Fsp3) is 0.320. The van der Waals surface area contributed by atoms with Crippen molar-refractivity contribution in [1.82, 2.24) is 4.90 Å². The Kier molecular flexibility index (Phi) is 6.56. The van der Waals surface area contributed by atoms with E-state index in [1.54, 1.807) is 24.3 Å². The molecule has 5 nitrogen and oxygen atoms in total. The number of aliphatic imine (C=N–C) groups is 1.